The molecule has 0 radical (unpaired) electrons. The molecule has 134 valence electrons. The van der Waals surface area contributed by atoms with Crippen molar-refractivity contribution in [3.05, 3.63) is 53.7 Å². The van der Waals surface area contributed by atoms with Crippen LogP contribution in [0.2, 0.25) is 5.02 Å². The molecule has 0 saturated carbocycles. The molecule has 0 spiro atoms. The van der Waals surface area contributed by atoms with E-state index < -0.39 is 0 Å². The Labute approximate surface area is 156 Å². The summed E-state index contributed by atoms with van der Waals surface area (Å²) in [6.07, 6.45) is 7.49. The zero-order valence-corrected chi connectivity index (χ0v) is 15.1. The molecule has 0 unspecified atom stereocenters. The van der Waals surface area contributed by atoms with E-state index in [-0.39, 0.29) is 18.4 Å². The second kappa shape index (κ2) is 6.96. The summed E-state index contributed by atoms with van der Waals surface area (Å²) in [6.45, 7) is 1.99. The first kappa shape index (κ1) is 16.8. The van der Waals surface area contributed by atoms with Crippen LogP contribution >= 0.6 is 11.6 Å². The van der Waals surface area contributed by atoms with Crippen LogP contribution in [-0.2, 0) is 11.3 Å². The van der Waals surface area contributed by atoms with E-state index in [1.807, 2.05) is 35.2 Å². The van der Waals surface area contributed by atoms with Gasteiger partial charge in [0.25, 0.3) is 0 Å². The Balaban J connectivity index is 1.64. The van der Waals surface area contributed by atoms with Crippen molar-refractivity contribution in [2.75, 3.05) is 18.0 Å². The van der Waals surface area contributed by atoms with Gasteiger partial charge in [0.05, 0.1) is 5.52 Å². The number of rotatable bonds is 4. The average Bonchev–Trinajstić information content (AvgIpc) is 3.08. The van der Waals surface area contributed by atoms with E-state index in [1.165, 1.54) is 0 Å². The minimum atomic E-state index is -0.353. The molecule has 1 aromatic carbocycles. The second-order valence-electron chi connectivity index (χ2n) is 6.66. The highest BCUT2D eigenvalue weighted by molar-refractivity contribution is 6.31. The van der Waals surface area contributed by atoms with Crippen LogP contribution < -0.4 is 10.6 Å². The SMILES string of the molecule is NC(=O)Cn1ccnc1[C@H]1CCCN(c2ccnc3cc(Cl)ccc23)C1. The first-order valence-electron chi connectivity index (χ1n) is 8.70. The molecule has 1 aliphatic heterocycles. The predicted octanol–water partition coefficient (Wildman–Crippen LogP) is 2.95. The topological polar surface area (TPSA) is 77.0 Å². The fourth-order valence-corrected chi connectivity index (χ4v) is 3.94. The number of fused-ring (bicyclic) bond motifs is 1. The average molecular weight is 370 g/mol. The lowest BCUT2D eigenvalue weighted by Gasteiger charge is -2.34. The minimum Gasteiger partial charge on any atom is -0.370 e. The number of amides is 1. The number of aromatic nitrogens is 3. The number of carbonyl (C=O) groups excluding carboxylic acids is 1. The molecule has 0 aliphatic carbocycles. The molecule has 0 bridgehead atoms. The molecule has 1 aliphatic rings. The summed E-state index contributed by atoms with van der Waals surface area (Å²) in [5, 5.41) is 1.78. The third-order valence-corrected chi connectivity index (χ3v) is 5.12. The van der Waals surface area contributed by atoms with Crippen LogP contribution in [0, 0.1) is 0 Å². The van der Waals surface area contributed by atoms with Crippen molar-refractivity contribution in [2.24, 2.45) is 5.73 Å². The van der Waals surface area contributed by atoms with Gasteiger partial charge in [-0.05, 0) is 37.1 Å². The summed E-state index contributed by atoms with van der Waals surface area (Å²) in [4.78, 5) is 22.6. The standard InChI is InChI=1S/C19H20ClN5O/c20-14-3-4-15-16(10-14)22-6-5-17(15)24-8-1-2-13(11-24)19-23-7-9-25(19)12-18(21)26/h3-7,9-10,13H,1-2,8,11-12H2,(H2,21,26)/t13-/m0/s1. The molecule has 1 atom stereocenters. The van der Waals surface area contributed by atoms with E-state index in [4.69, 9.17) is 17.3 Å². The van der Waals surface area contributed by atoms with Gasteiger partial charge >= 0.3 is 0 Å². The van der Waals surface area contributed by atoms with Gasteiger partial charge in [-0.2, -0.15) is 0 Å². The van der Waals surface area contributed by atoms with E-state index in [0.29, 0.717) is 5.02 Å². The number of hydrogen-bond donors (Lipinski definition) is 1. The van der Waals surface area contributed by atoms with Crippen LogP contribution in [0.15, 0.2) is 42.9 Å². The fraction of sp³-hybridized carbons (Fsp3) is 0.316. The number of halogens is 1. The highest BCUT2D eigenvalue weighted by Crippen LogP contribution is 2.33. The summed E-state index contributed by atoms with van der Waals surface area (Å²) in [6, 6.07) is 7.86. The van der Waals surface area contributed by atoms with E-state index in [1.54, 1.807) is 6.20 Å². The number of piperidine rings is 1. The lowest BCUT2D eigenvalue weighted by molar-refractivity contribution is -0.118. The van der Waals surface area contributed by atoms with Gasteiger partial charge in [0.15, 0.2) is 0 Å². The van der Waals surface area contributed by atoms with Crippen molar-refractivity contribution in [3.8, 4) is 0 Å². The van der Waals surface area contributed by atoms with E-state index in [0.717, 1.165) is 48.3 Å². The van der Waals surface area contributed by atoms with Gasteiger partial charge < -0.3 is 15.2 Å². The minimum absolute atomic E-state index is 0.169. The van der Waals surface area contributed by atoms with Gasteiger partial charge in [-0.1, -0.05) is 11.6 Å². The predicted molar refractivity (Wildman–Crippen MR) is 102 cm³/mol. The van der Waals surface area contributed by atoms with Crippen molar-refractivity contribution in [2.45, 2.75) is 25.3 Å². The molecule has 1 saturated heterocycles. The van der Waals surface area contributed by atoms with Crippen LogP contribution in [-0.4, -0.2) is 33.5 Å². The normalized spacial score (nSPS) is 17.6. The van der Waals surface area contributed by atoms with E-state index in [2.05, 4.69) is 20.9 Å². The molecular weight excluding hydrogens is 350 g/mol. The summed E-state index contributed by atoms with van der Waals surface area (Å²) in [5.41, 5.74) is 7.41. The van der Waals surface area contributed by atoms with Crippen molar-refractivity contribution < 1.29 is 4.79 Å². The Morgan fingerprint density at radius 1 is 1.27 bits per heavy atom. The Morgan fingerprint density at radius 3 is 3.00 bits per heavy atom. The molecule has 3 aromatic rings. The third kappa shape index (κ3) is 3.24. The fourth-order valence-electron chi connectivity index (χ4n) is 3.77. The number of benzene rings is 1. The van der Waals surface area contributed by atoms with Crippen LogP contribution in [0.5, 0.6) is 0 Å². The maximum absolute atomic E-state index is 11.3. The molecule has 4 rings (SSSR count). The first-order chi connectivity index (χ1) is 12.6. The Bertz CT molecular complexity index is 954. The monoisotopic (exact) mass is 369 g/mol. The number of pyridine rings is 1. The summed E-state index contributed by atoms with van der Waals surface area (Å²) in [7, 11) is 0. The second-order valence-corrected chi connectivity index (χ2v) is 7.09. The van der Waals surface area contributed by atoms with Crippen LogP contribution in [0.3, 0.4) is 0 Å². The molecule has 7 heteroatoms. The van der Waals surface area contributed by atoms with Gasteiger partial charge in [-0.25, -0.2) is 4.98 Å². The maximum Gasteiger partial charge on any atom is 0.237 e. The Hall–Kier alpha value is -2.60. The number of carbonyl (C=O) groups is 1. The van der Waals surface area contributed by atoms with E-state index in [9.17, 15) is 4.79 Å². The highest BCUT2D eigenvalue weighted by Gasteiger charge is 2.26. The van der Waals surface area contributed by atoms with Crippen LogP contribution in [0.25, 0.3) is 10.9 Å². The zero-order valence-electron chi connectivity index (χ0n) is 14.3. The number of primary amides is 1. The summed E-state index contributed by atoms with van der Waals surface area (Å²) in [5.74, 6) is 0.831. The third-order valence-electron chi connectivity index (χ3n) is 4.88. The molecule has 3 heterocycles. The lowest BCUT2D eigenvalue weighted by Crippen LogP contribution is -2.36. The van der Waals surface area contributed by atoms with Crippen molar-refractivity contribution in [1.82, 2.24) is 14.5 Å². The van der Waals surface area contributed by atoms with Crippen molar-refractivity contribution >= 4 is 34.1 Å². The summed E-state index contributed by atoms with van der Waals surface area (Å²) >= 11 is 6.10. The number of anilines is 1. The van der Waals surface area contributed by atoms with Crippen LogP contribution in [0.1, 0.15) is 24.6 Å². The largest absolute Gasteiger partial charge is 0.370 e. The highest BCUT2D eigenvalue weighted by atomic mass is 35.5. The maximum atomic E-state index is 11.3. The van der Waals surface area contributed by atoms with Gasteiger partial charge in [0.1, 0.15) is 12.4 Å². The zero-order chi connectivity index (χ0) is 18.1. The van der Waals surface area contributed by atoms with Gasteiger partial charge in [0.2, 0.25) is 5.91 Å². The lowest BCUT2D eigenvalue weighted by atomic mass is 9.96. The van der Waals surface area contributed by atoms with Gasteiger partial charge in [0, 0.05) is 53.7 Å². The van der Waals surface area contributed by atoms with Gasteiger partial charge in [-0.15, -0.1) is 0 Å². The summed E-state index contributed by atoms with van der Waals surface area (Å²) < 4.78 is 1.86. The van der Waals surface area contributed by atoms with E-state index >= 15 is 0 Å². The smallest absolute Gasteiger partial charge is 0.237 e. The Morgan fingerprint density at radius 2 is 2.15 bits per heavy atom. The number of nitrogens with zero attached hydrogens (tertiary/aromatic N) is 4. The van der Waals surface area contributed by atoms with Gasteiger partial charge in [-0.3, -0.25) is 9.78 Å². The molecule has 1 fully saturated rings. The van der Waals surface area contributed by atoms with Crippen LogP contribution in [0.4, 0.5) is 5.69 Å². The molecule has 6 nitrogen and oxygen atoms in total. The molecule has 2 aromatic heterocycles. The molecule has 26 heavy (non-hydrogen) atoms. The Kier molecular flexibility index (Phi) is 4.51. The molecular formula is C19H20ClN5O. The number of nitrogens with two attached hydrogens (primary N) is 1. The number of hydrogen-bond acceptors (Lipinski definition) is 4. The van der Waals surface area contributed by atoms with Crippen molar-refractivity contribution in [3.63, 3.8) is 0 Å². The molecule has 2 N–H and O–H groups in total. The molecule has 1 amide bonds. The first-order valence-corrected chi connectivity index (χ1v) is 9.08. The van der Waals surface area contributed by atoms with Crippen molar-refractivity contribution in [1.29, 1.82) is 0 Å². The quantitative estimate of drug-likeness (QED) is 0.767. The number of imidazole rings is 1.